The SMILES string of the molecule is COC(CNC(=O)/C=C/c1ccccc1)c1ccsc1. The Bertz CT molecular complexity index is 549. The molecule has 1 unspecified atom stereocenters. The van der Waals surface area contributed by atoms with E-state index in [1.807, 2.05) is 47.2 Å². The highest BCUT2D eigenvalue weighted by Crippen LogP contribution is 2.18. The van der Waals surface area contributed by atoms with Crippen LogP contribution in [0.2, 0.25) is 0 Å². The first-order chi connectivity index (χ1) is 9.79. The molecule has 0 aliphatic heterocycles. The Balaban J connectivity index is 1.84. The predicted octanol–water partition coefficient (Wildman–Crippen LogP) is 3.27. The van der Waals surface area contributed by atoms with Crippen molar-refractivity contribution >= 4 is 23.3 Å². The van der Waals surface area contributed by atoms with Crippen molar-refractivity contribution in [3.05, 3.63) is 64.4 Å². The smallest absolute Gasteiger partial charge is 0.244 e. The zero-order valence-corrected chi connectivity index (χ0v) is 12.1. The molecule has 20 heavy (non-hydrogen) atoms. The minimum absolute atomic E-state index is 0.102. The van der Waals surface area contributed by atoms with E-state index < -0.39 is 0 Å². The van der Waals surface area contributed by atoms with E-state index in [0.29, 0.717) is 6.54 Å². The van der Waals surface area contributed by atoms with Gasteiger partial charge in [-0.3, -0.25) is 4.79 Å². The highest BCUT2D eigenvalue weighted by atomic mass is 32.1. The van der Waals surface area contributed by atoms with Crippen molar-refractivity contribution in [2.45, 2.75) is 6.10 Å². The maximum Gasteiger partial charge on any atom is 0.244 e. The summed E-state index contributed by atoms with van der Waals surface area (Å²) in [7, 11) is 1.65. The van der Waals surface area contributed by atoms with Crippen LogP contribution in [0.4, 0.5) is 0 Å². The van der Waals surface area contributed by atoms with Gasteiger partial charge in [-0.25, -0.2) is 0 Å². The molecule has 3 nitrogen and oxygen atoms in total. The summed E-state index contributed by atoms with van der Waals surface area (Å²) in [5.41, 5.74) is 2.09. The number of amides is 1. The third kappa shape index (κ3) is 4.33. The first-order valence-electron chi connectivity index (χ1n) is 6.35. The zero-order valence-electron chi connectivity index (χ0n) is 11.3. The van der Waals surface area contributed by atoms with E-state index in [4.69, 9.17) is 4.74 Å². The predicted molar refractivity (Wildman–Crippen MR) is 82.6 cm³/mol. The van der Waals surface area contributed by atoms with Gasteiger partial charge in [-0.2, -0.15) is 11.3 Å². The fourth-order valence-electron chi connectivity index (χ4n) is 1.78. The van der Waals surface area contributed by atoms with Gasteiger partial charge in [0.25, 0.3) is 0 Å². The molecular formula is C16H17NO2S. The van der Waals surface area contributed by atoms with Gasteiger partial charge >= 0.3 is 0 Å². The molecule has 0 saturated carbocycles. The van der Waals surface area contributed by atoms with Gasteiger partial charge in [0, 0.05) is 19.7 Å². The molecule has 0 radical (unpaired) electrons. The minimum atomic E-state index is -0.119. The van der Waals surface area contributed by atoms with E-state index in [9.17, 15) is 4.79 Å². The molecule has 0 saturated heterocycles. The molecule has 1 heterocycles. The van der Waals surface area contributed by atoms with Crippen molar-refractivity contribution in [3.63, 3.8) is 0 Å². The third-order valence-electron chi connectivity index (χ3n) is 2.89. The van der Waals surface area contributed by atoms with Crippen molar-refractivity contribution < 1.29 is 9.53 Å². The molecule has 1 aromatic carbocycles. The lowest BCUT2D eigenvalue weighted by Crippen LogP contribution is -2.27. The summed E-state index contributed by atoms with van der Waals surface area (Å²) in [6.07, 6.45) is 3.23. The van der Waals surface area contributed by atoms with Crippen LogP contribution >= 0.6 is 11.3 Å². The highest BCUT2D eigenvalue weighted by Gasteiger charge is 2.11. The molecule has 104 valence electrons. The van der Waals surface area contributed by atoms with Crippen LogP contribution in [0.5, 0.6) is 0 Å². The molecule has 0 spiro atoms. The first kappa shape index (κ1) is 14.5. The Morgan fingerprint density at radius 2 is 2.15 bits per heavy atom. The Hall–Kier alpha value is -1.91. The van der Waals surface area contributed by atoms with Crippen molar-refractivity contribution in [1.82, 2.24) is 5.32 Å². The molecule has 1 atom stereocenters. The topological polar surface area (TPSA) is 38.3 Å². The Morgan fingerprint density at radius 3 is 2.80 bits per heavy atom. The molecule has 0 bridgehead atoms. The van der Waals surface area contributed by atoms with E-state index in [1.54, 1.807) is 24.5 Å². The maximum absolute atomic E-state index is 11.8. The fraction of sp³-hybridized carbons (Fsp3) is 0.188. The van der Waals surface area contributed by atoms with Crippen LogP contribution in [0.1, 0.15) is 17.2 Å². The van der Waals surface area contributed by atoms with Crippen LogP contribution < -0.4 is 5.32 Å². The van der Waals surface area contributed by atoms with Crippen LogP contribution in [0, 0.1) is 0 Å². The molecular weight excluding hydrogens is 270 g/mol. The molecule has 0 aliphatic rings. The standard InChI is InChI=1S/C16H17NO2S/c1-19-15(14-9-10-20-12-14)11-17-16(18)8-7-13-5-3-2-4-6-13/h2-10,12,15H,11H2,1H3,(H,17,18)/b8-7+. The molecule has 0 aliphatic carbocycles. The summed E-state index contributed by atoms with van der Waals surface area (Å²) in [6, 6.07) is 11.7. The van der Waals surface area contributed by atoms with Crippen LogP contribution in [-0.4, -0.2) is 19.6 Å². The molecule has 1 N–H and O–H groups in total. The zero-order chi connectivity index (χ0) is 14.2. The minimum Gasteiger partial charge on any atom is -0.375 e. The van der Waals surface area contributed by atoms with Gasteiger partial charge in [0.05, 0.1) is 0 Å². The van der Waals surface area contributed by atoms with E-state index in [1.165, 1.54) is 6.08 Å². The number of benzene rings is 1. The van der Waals surface area contributed by atoms with Crippen molar-refractivity contribution in [2.75, 3.05) is 13.7 Å². The van der Waals surface area contributed by atoms with Crippen molar-refractivity contribution in [2.24, 2.45) is 0 Å². The van der Waals surface area contributed by atoms with Gasteiger partial charge in [0.1, 0.15) is 6.10 Å². The van der Waals surface area contributed by atoms with Gasteiger partial charge in [-0.15, -0.1) is 0 Å². The number of carbonyl (C=O) groups is 1. The monoisotopic (exact) mass is 287 g/mol. The second-order valence-corrected chi connectivity index (χ2v) is 5.05. The summed E-state index contributed by atoms with van der Waals surface area (Å²) in [5, 5.41) is 6.87. The summed E-state index contributed by atoms with van der Waals surface area (Å²) >= 11 is 1.62. The Labute approximate surface area is 122 Å². The average Bonchev–Trinajstić information content (AvgIpc) is 3.01. The number of hydrogen-bond acceptors (Lipinski definition) is 3. The van der Waals surface area contributed by atoms with Gasteiger partial charge in [-0.05, 0) is 34.0 Å². The lowest BCUT2D eigenvalue weighted by Gasteiger charge is -2.14. The quantitative estimate of drug-likeness (QED) is 0.828. The van der Waals surface area contributed by atoms with E-state index in [2.05, 4.69) is 5.32 Å². The molecule has 0 fully saturated rings. The van der Waals surface area contributed by atoms with Gasteiger partial charge in [0.15, 0.2) is 0 Å². The number of thiophene rings is 1. The molecule has 1 aromatic heterocycles. The maximum atomic E-state index is 11.8. The number of hydrogen-bond donors (Lipinski definition) is 1. The number of methoxy groups -OCH3 is 1. The van der Waals surface area contributed by atoms with Crippen molar-refractivity contribution in [1.29, 1.82) is 0 Å². The normalized spacial score (nSPS) is 12.4. The van der Waals surface area contributed by atoms with Crippen LogP contribution in [-0.2, 0) is 9.53 Å². The van der Waals surface area contributed by atoms with Gasteiger partial charge in [0.2, 0.25) is 5.91 Å². The Kier molecular flexibility index (Phi) is 5.53. The lowest BCUT2D eigenvalue weighted by molar-refractivity contribution is -0.117. The fourth-order valence-corrected chi connectivity index (χ4v) is 2.49. The Morgan fingerprint density at radius 1 is 1.35 bits per heavy atom. The lowest BCUT2D eigenvalue weighted by atomic mass is 10.2. The van der Waals surface area contributed by atoms with E-state index in [-0.39, 0.29) is 12.0 Å². The first-order valence-corrected chi connectivity index (χ1v) is 7.29. The van der Waals surface area contributed by atoms with Crippen LogP contribution in [0.15, 0.2) is 53.2 Å². The van der Waals surface area contributed by atoms with Gasteiger partial charge in [-0.1, -0.05) is 30.3 Å². The second-order valence-electron chi connectivity index (χ2n) is 4.27. The molecule has 4 heteroatoms. The summed E-state index contributed by atoms with van der Waals surface area (Å²) < 4.78 is 5.38. The second kappa shape index (κ2) is 7.62. The summed E-state index contributed by atoms with van der Waals surface area (Å²) in [6.45, 7) is 0.463. The number of rotatable bonds is 6. The number of carbonyl (C=O) groups excluding carboxylic acids is 1. The van der Waals surface area contributed by atoms with E-state index >= 15 is 0 Å². The third-order valence-corrected chi connectivity index (χ3v) is 3.59. The van der Waals surface area contributed by atoms with Crippen molar-refractivity contribution in [3.8, 4) is 0 Å². The molecule has 1 amide bonds. The van der Waals surface area contributed by atoms with E-state index in [0.717, 1.165) is 11.1 Å². The summed E-state index contributed by atoms with van der Waals surface area (Å²) in [4.78, 5) is 11.8. The highest BCUT2D eigenvalue weighted by molar-refractivity contribution is 7.07. The van der Waals surface area contributed by atoms with Gasteiger partial charge < -0.3 is 10.1 Å². The van der Waals surface area contributed by atoms with Crippen LogP contribution in [0.25, 0.3) is 6.08 Å². The van der Waals surface area contributed by atoms with Crippen LogP contribution in [0.3, 0.4) is 0 Å². The molecule has 2 rings (SSSR count). The largest absolute Gasteiger partial charge is 0.375 e. The number of nitrogens with one attached hydrogen (secondary N) is 1. The molecule has 2 aromatic rings. The summed E-state index contributed by atoms with van der Waals surface area (Å²) in [5.74, 6) is -0.119. The average molecular weight is 287 g/mol. The number of ether oxygens (including phenoxy) is 1.